The lowest BCUT2D eigenvalue weighted by atomic mass is 10.1. The second kappa shape index (κ2) is 8.56. The van der Waals surface area contributed by atoms with E-state index in [1.807, 2.05) is 30.1 Å². The van der Waals surface area contributed by atoms with Crippen LogP contribution in [0.1, 0.15) is 5.56 Å². The van der Waals surface area contributed by atoms with Crippen molar-refractivity contribution in [3.63, 3.8) is 0 Å². The first-order valence-corrected chi connectivity index (χ1v) is 9.77. The van der Waals surface area contributed by atoms with E-state index < -0.39 is 9.84 Å². The van der Waals surface area contributed by atoms with Crippen molar-refractivity contribution >= 4 is 21.4 Å². The van der Waals surface area contributed by atoms with E-state index in [1.54, 1.807) is 26.4 Å². The molecule has 2 rings (SSSR count). The molecule has 0 aliphatic heterocycles. The van der Waals surface area contributed by atoms with E-state index in [4.69, 9.17) is 21.1 Å². The van der Waals surface area contributed by atoms with Crippen molar-refractivity contribution in [1.82, 2.24) is 4.90 Å². The molecular formula is C18H22ClNO4S. The van der Waals surface area contributed by atoms with Crippen LogP contribution in [0.2, 0.25) is 5.02 Å². The number of halogens is 1. The number of sulfone groups is 1. The van der Waals surface area contributed by atoms with Gasteiger partial charge in [-0.3, -0.25) is 0 Å². The number of benzene rings is 2. The van der Waals surface area contributed by atoms with Crippen molar-refractivity contribution in [2.75, 3.05) is 33.6 Å². The van der Waals surface area contributed by atoms with Crippen LogP contribution in [-0.2, 0) is 16.4 Å². The summed E-state index contributed by atoms with van der Waals surface area (Å²) in [4.78, 5) is 2.22. The van der Waals surface area contributed by atoms with E-state index in [0.29, 0.717) is 29.6 Å². The van der Waals surface area contributed by atoms with Crippen LogP contribution in [0.3, 0.4) is 0 Å². The van der Waals surface area contributed by atoms with Gasteiger partial charge in [0.25, 0.3) is 0 Å². The Labute approximate surface area is 154 Å². The molecule has 0 spiro atoms. The van der Waals surface area contributed by atoms with E-state index >= 15 is 0 Å². The minimum absolute atomic E-state index is 0.0252. The SMILES string of the molecule is COc1cccc(CN(C)CCS(=O)(=O)c2ccc(Cl)cc2)c1OC. The maximum atomic E-state index is 12.4. The molecule has 7 heteroatoms. The summed E-state index contributed by atoms with van der Waals surface area (Å²) < 4.78 is 35.5. The number of para-hydroxylation sites is 1. The minimum atomic E-state index is -3.35. The van der Waals surface area contributed by atoms with E-state index in [1.165, 1.54) is 12.1 Å². The highest BCUT2D eigenvalue weighted by Crippen LogP contribution is 2.31. The Bertz CT molecular complexity index is 806. The van der Waals surface area contributed by atoms with Gasteiger partial charge in [-0.2, -0.15) is 0 Å². The molecule has 2 aromatic carbocycles. The molecule has 0 saturated carbocycles. The van der Waals surface area contributed by atoms with Crippen LogP contribution in [-0.4, -0.2) is 46.9 Å². The summed E-state index contributed by atoms with van der Waals surface area (Å²) in [6.07, 6.45) is 0. The van der Waals surface area contributed by atoms with Gasteiger partial charge in [-0.05, 0) is 37.4 Å². The van der Waals surface area contributed by atoms with Crippen molar-refractivity contribution < 1.29 is 17.9 Å². The summed E-state index contributed by atoms with van der Waals surface area (Å²) in [5, 5.41) is 0.515. The second-order valence-corrected chi connectivity index (χ2v) is 8.21. The number of ether oxygens (including phenoxy) is 2. The molecular weight excluding hydrogens is 362 g/mol. The van der Waals surface area contributed by atoms with Gasteiger partial charge in [0.05, 0.1) is 24.9 Å². The molecule has 5 nitrogen and oxygen atoms in total. The Morgan fingerprint density at radius 2 is 1.72 bits per heavy atom. The predicted octanol–water partition coefficient (Wildman–Crippen LogP) is 3.26. The molecule has 0 amide bonds. The highest BCUT2D eigenvalue weighted by molar-refractivity contribution is 7.91. The van der Waals surface area contributed by atoms with E-state index in [9.17, 15) is 8.42 Å². The zero-order valence-corrected chi connectivity index (χ0v) is 16.1. The van der Waals surface area contributed by atoms with Gasteiger partial charge in [0, 0.05) is 23.7 Å². The Balaban J connectivity index is 2.03. The Morgan fingerprint density at radius 1 is 1.04 bits per heavy atom. The molecule has 0 aliphatic rings. The molecule has 0 unspecified atom stereocenters. The van der Waals surface area contributed by atoms with Gasteiger partial charge >= 0.3 is 0 Å². The summed E-state index contributed by atoms with van der Waals surface area (Å²) in [6.45, 7) is 0.946. The lowest BCUT2D eigenvalue weighted by Crippen LogP contribution is -2.25. The van der Waals surface area contributed by atoms with Crippen molar-refractivity contribution in [2.45, 2.75) is 11.4 Å². The fraction of sp³-hybridized carbons (Fsp3) is 0.333. The third-order valence-electron chi connectivity index (χ3n) is 3.84. The van der Waals surface area contributed by atoms with Crippen LogP contribution in [0.5, 0.6) is 11.5 Å². The molecule has 0 aliphatic carbocycles. The maximum absolute atomic E-state index is 12.4. The zero-order chi connectivity index (χ0) is 18.4. The Morgan fingerprint density at radius 3 is 2.32 bits per heavy atom. The maximum Gasteiger partial charge on any atom is 0.179 e. The minimum Gasteiger partial charge on any atom is -0.493 e. The average Bonchev–Trinajstić information content (AvgIpc) is 2.60. The number of hydrogen-bond acceptors (Lipinski definition) is 5. The molecule has 0 saturated heterocycles. The summed E-state index contributed by atoms with van der Waals surface area (Å²) in [7, 11) is 1.70. The molecule has 0 N–H and O–H groups in total. The summed E-state index contributed by atoms with van der Waals surface area (Å²) in [6, 6.07) is 11.9. The first-order valence-electron chi connectivity index (χ1n) is 7.74. The third-order valence-corrected chi connectivity index (χ3v) is 5.80. The van der Waals surface area contributed by atoms with Crippen molar-refractivity contribution in [3.8, 4) is 11.5 Å². The molecule has 25 heavy (non-hydrogen) atoms. The van der Waals surface area contributed by atoms with Crippen LogP contribution in [0.4, 0.5) is 0 Å². The molecule has 0 heterocycles. The number of hydrogen-bond donors (Lipinski definition) is 0. The lowest BCUT2D eigenvalue weighted by Gasteiger charge is -2.19. The third kappa shape index (κ3) is 5.11. The second-order valence-electron chi connectivity index (χ2n) is 5.66. The largest absolute Gasteiger partial charge is 0.493 e. The molecule has 2 aromatic rings. The molecule has 0 atom stereocenters. The number of rotatable bonds is 8. The fourth-order valence-electron chi connectivity index (χ4n) is 2.48. The van der Waals surface area contributed by atoms with Gasteiger partial charge in [-0.1, -0.05) is 23.7 Å². The Kier molecular flexibility index (Phi) is 6.70. The summed E-state index contributed by atoms with van der Waals surface area (Å²) in [5.41, 5.74) is 0.938. The fourth-order valence-corrected chi connectivity index (χ4v) is 3.95. The standard InChI is InChI=1S/C18H22ClNO4S/c1-20(13-14-5-4-6-17(23-2)18(14)24-3)11-12-25(21,22)16-9-7-15(19)8-10-16/h4-10H,11-13H2,1-3H3. The summed E-state index contributed by atoms with van der Waals surface area (Å²) >= 11 is 5.81. The normalized spacial score (nSPS) is 11.6. The first kappa shape index (κ1) is 19.6. The smallest absolute Gasteiger partial charge is 0.179 e. The quantitative estimate of drug-likeness (QED) is 0.700. The number of nitrogens with zero attached hydrogens (tertiary/aromatic N) is 1. The first-order chi connectivity index (χ1) is 11.9. The topological polar surface area (TPSA) is 55.8 Å². The van der Waals surface area contributed by atoms with Gasteiger partial charge in [0.1, 0.15) is 0 Å². The van der Waals surface area contributed by atoms with Crippen molar-refractivity contribution in [1.29, 1.82) is 0 Å². The van der Waals surface area contributed by atoms with E-state index in [0.717, 1.165) is 5.56 Å². The van der Waals surface area contributed by atoms with Gasteiger partial charge < -0.3 is 14.4 Å². The monoisotopic (exact) mass is 383 g/mol. The van der Waals surface area contributed by atoms with Gasteiger partial charge in [0.15, 0.2) is 21.3 Å². The molecule has 0 bridgehead atoms. The van der Waals surface area contributed by atoms with Crippen LogP contribution >= 0.6 is 11.6 Å². The molecule has 0 fully saturated rings. The average molecular weight is 384 g/mol. The van der Waals surface area contributed by atoms with Crippen molar-refractivity contribution in [2.24, 2.45) is 0 Å². The Hall–Kier alpha value is -1.76. The van der Waals surface area contributed by atoms with E-state index in [2.05, 4.69) is 0 Å². The lowest BCUT2D eigenvalue weighted by molar-refractivity contribution is 0.321. The van der Waals surface area contributed by atoms with Gasteiger partial charge in [-0.25, -0.2) is 8.42 Å². The van der Waals surface area contributed by atoms with Gasteiger partial charge in [-0.15, -0.1) is 0 Å². The highest BCUT2D eigenvalue weighted by atomic mass is 35.5. The molecule has 0 radical (unpaired) electrons. The summed E-state index contributed by atoms with van der Waals surface area (Å²) in [5.74, 6) is 1.34. The number of methoxy groups -OCH3 is 2. The zero-order valence-electron chi connectivity index (χ0n) is 14.5. The van der Waals surface area contributed by atoms with Crippen molar-refractivity contribution in [3.05, 3.63) is 53.1 Å². The predicted molar refractivity (Wildman–Crippen MR) is 99.4 cm³/mol. The van der Waals surface area contributed by atoms with Crippen LogP contribution in [0.25, 0.3) is 0 Å². The van der Waals surface area contributed by atoms with Crippen LogP contribution in [0.15, 0.2) is 47.4 Å². The van der Waals surface area contributed by atoms with Gasteiger partial charge in [0.2, 0.25) is 0 Å². The highest BCUT2D eigenvalue weighted by Gasteiger charge is 2.17. The molecule has 136 valence electrons. The molecule has 0 aromatic heterocycles. The van der Waals surface area contributed by atoms with Crippen LogP contribution < -0.4 is 9.47 Å². The van der Waals surface area contributed by atoms with E-state index in [-0.39, 0.29) is 10.6 Å². The van der Waals surface area contributed by atoms with Crippen LogP contribution in [0, 0.1) is 0 Å².